The van der Waals surface area contributed by atoms with Crippen molar-refractivity contribution in [1.82, 2.24) is 15.1 Å². The van der Waals surface area contributed by atoms with E-state index in [1.807, 2.05) is 0 Å². The van der Waals surface area contributed by atoms with E-state index in [0.717, 1.165) is 19.1 Å². The molecule has 1 aromatic rings. The quantitative estimate of drug-likeness (QED) is 0.803. The third kappa shape index (κ3) is 4.89. The molecular weight excluding hydrogens is 246 g/mol. The molecule has 3 nitrogen and oxygen atoms in total. The molecule has 1 aromatic carbocycles. The van der Waals surface area contributed by atoms with Gasteiger partial charge in [-0.1, -0.05) is 37.3 Å². The van der Waals surface area contributed by atoms with Crippen LogP contribution in [0, 0.1) is 0 Å². The first-order valence-corrected chi connectivity index (χ1v) is 7.97. The van der Waals surface area contributed by atoms with Gasteiger partial charge in [0, 0.05) is 32.2 Å². The van der Waals surface area contributed by atoms with Crippen molar-refractivity contribution in [2.45, 2.75) is 32.4 Å². The number of nitrogens with one attached hydrogen (secondary N) is 1. The summed E-state index contributed by atoms with van der Waals surface area (Å²) in [7, 11) is 2.25. The third-order valence-corrected chi connectivity index (χ3v) is 4.24. The van der Waals surface area contributed by atoms with Gasteiger partial charge in [0.05, 0.1) is 0 Å². The van der Waals surface area contributed by atoms with E-state index in [0.29, 0.717) is 0 Å². The summed E-state index contributed by atoms with van der Waals surface area (Å²) in [5.74, 6) is 0. The first-order chi connectivity index (χ1) is 9.79. The first-order valence-electron chi connectivity index (χ1n) is 7.97. The summed E-state index contributed by atoms with van der Waals surface area (Å²) >= 11 is 0. The number of hydrogen-bond donors (Lipinski definition) is 1. The van der Waals surface area contributed by atoms with Crippen LogP contribution in [0.2, 0.25) is 0 Å². The van der Waals surface area contributed by atoms with Crippen LogP contribution in [0.25, 0.3) is 0 Å². The standard InChI is InChI=1S/C17H29N3/c1-3-17-15-19(2)11-7-12-20(17)13-10-18-14-16-8-5-4-6-9-16/h4-6,8-9,17-18H,3,7,10-15H2,1-2H3. The van der Waals surface area contributed by atoms with Gasteiger partial charge in [0.1, 0.15) is 0 Å². The Morgan fingerprint density at radius 3 is 2.75 bits per heavy atom. The maximum atomic E-state index is 3.57. The zero-order valence-corrected chi connectivity index (χ0v) is 13.0. The van der Waals surface area contributed by atoms with Gasteiger partial charge in [-0.15, -0.1) is 0 Å². The number of benzene rings is 1. The molecule has 0 saturated carbocycles. The van der Waals surface area contributed by atoms with Gasteiger partial charge in [-0.05, 0) is 38.5 Å². The lowest BCUT2D eigenvalue weighted by atomic mass is 10.2. The van der Waals surface area contributed by atoms with E-state index < -0.39 is 0 Å². The van der Waals surface area contributed by atoms with Gasteiger partial charge < -0.3 is 10.2 Å². The lowest BCUT2D eigenvalue weighted by molar-refractivity contribution is 0.184. The summed E-state index contributed by atoms with van der Waals surface area (Å²) < 4.78 is 0. The highest BCUT2D eigenvalue weighted by Gasteiger charge is 2.21. The molecule has 1 atom stereocenters. The van der Waals surface area contributed by atoms with Crippen molar-refractivity contribution in [2.75, 3.05) is 39.8 Å². The topological polar surface area (TPSA) is 18.5 Å². The van der Waals surface area contributed by atoms with E-state index in [9.17, 15) is 0 Å². The van der Waals surface area contributed by atoms with Crippen molar-refractivity contribution >= 4 is 0 Å². The van der Waals surface area contributed by atoms with Crippen LogP contribution in [0.3, 0.4) is 0 Å². The van der Waals surface area contributed by atoms with Crippen LogP contribution in [-0.4, -0.2) is 55.6 Å². The van der Waals surface area contributed by atoms with Crippen molar-refractivity contribution in [3.63, 3.8) is 0 Å². The van der Waals surface area contributed by atoms with E-state index in [1.54, 1.807) is 0 Å². The largest absolute Gasteiger partial charge is 0.311 e. The van der Waals surface area contributed by atoms with E-state index in [4.69, 9.17) is 0 Å². The molecule has 1 fully saturated rings. The van der Waals surface area contributed by atoms with Gasteiger partial charge in [-0.3, -0.25) is 4.90 Å². The Balaban J connectivity index is 1.72. The van der Waals surface area contributed by atoms with Crippen molar-refractivity contribution in [3.05, 3.63) is 35.9 Å². The minimum atomic E-state index is 0.723. The Morgan fingerprint density at radius 2 is 2.00 bits per heavy atom. The van der Waals surface area contributed by atoms with Crippen molar-refractivity contribution in [3.8, 4) is 0 Å². The molecule has 0 aromatic heterocycles. The number of nitrogens with zero attached hydrogens (tertiary/aromatic N) is 2. The first kappa shape index (κ1) is 15.5. The molecule has 0 spiro atoms. The molecule has 3 heteroatoms. The molecule has 1 saturated heterocycles. The average Bonchev–Trinajstić information content (AvgIpc) is 2.66. The van der Waals surface area contributed by atoms with Crippen LogP contribution in [0.4, 0.5) is 0 Å². The van der Waals surface area contributed by atoms with Crippen LogP contribution in [0.15, 0.2) is 30.3 Å². The lowest BCUT2D eigenvalue weighted by Crippen LogP contribution is -2.42. The fourth-order valence-electron chi connectivity index (χ4n) is 3.03. The number of hydrogen-bond acceptors (Lipinski definition) is 3. The van der Waals surface area contributed by atoms with Gasteiger partial charge >= 0.3 is 0 Å². The molecular formula is C17H29N3. The Labute approximate surface area is 124 Å². The third-order valence-electron chi connectivity index (χ3n) is 4.24. The number of likely N-dealkylation sites (N-methyl/N-ethyl adjacent to an activating group) is 1. The predicted octanol–water partition coefficient (Wildman–Crippen LogP) is 2.19. The molecule has 0 bridgehead atoms. The molecule has 0 radical (unpaired) electrons. The Kier molecular flexibility index (Phi) is 6.51. The second kappa shape index (κ2) is 8.40. The maximum absolute atomic E-state index is 3.57. The lowest BCUT2D eigenvalue weighted by Gasteiger charge is -2.30. The summed E-state index contributed by atoms with van der Waals surface area (Å²) in [6.45, 7) is 9.24. The maximum Gasteiger partial charge on any atom is 0.0220 e. The van der Waals surface area contributed by atoms with Gasteiger partial charge in [0.2, 0.25) is 0 Å². The fraction of sp³-hybridized carbons (Fsp3) is 0.647. The van der Waals surface area contributed by atoms with Gasteiger partial charge in [-0.25, -0.2) is 0 Å². The summed E-state index contributed by atoms with van der Waals surface area (Å²) in [4.78, 5) is 5.15. The average molecular weight is 275 g/mol. The predicted molar refractivity (Wildman–Crippen MR) is 85.9 cm³/mol. The SMILES string of the molecule is CCC1CN(C)CCCN1CCNCc1ccccc1. The van der Waals surface area contributed by atoms with E-state index >= 15 is 0 Å². The Hall–Kier alpha value is -0.900. The van der Waals surface area contributed by atoms with Crippen molar-refractivity contribution in [2.24, 2.45) is 0 Å². The molecule has 1 aliphatic rings. The molecule has 20 heavy (non-hydrogen) atoms. The normalized spacial score (nSPS) is 21.8. The van der Waals surface area contributed by atoms with Crippen LogP contribution in [-0.2, 0) is 6.54 Å². The molecule has 2 rings (SSSR count). The van der Waals surface area contributed by atoms with Crippen molar-refractivity contribution < 1.29 is 0 Å². The number of rotatable bonds is 6. The van der Waals surface area contributed by atoms with Gasteiger partial charge in [0.15, 0.2) is 0 Å². The molecule has 0 amide bonds. The minimum absolute atomic E-state index is 0.723. The zero-order valence-electron chi connectivity index (χ0n) is 13.0. The highest BCUT2D eigenvalue weighted by Crippen LogP contribution is 2.11. The monoisotopic (exact) mass is 275 g/mol. The van der Waals surface area contributed by atoms with Crippen molar-refractivity contribution in [1.29, 1.82) is 0 Å². The summed E-state index contributed by atoms with van der Waals surface area (Å²) in [6.07, 6.45) is 2.55. The Bertz CT molecular complexity index is 366. The molecule has 112 valence electrons. The van der Waals surface area contributed by atoms with E-state index in [2.05, 4.69) is 59.4 Å². The highest BCUT2D eigenvalue weighted by atomic mass is 15.2. The summed E-state index contributed by atoms with van der Waals surface area (Å²) in [6, 6.07) is 11.4. The fourth-order valence-corrected chi connectivity index (χ4v) is 3.03. The van der Waals surface area contributed by atoms with Gasteiger partial charge in [0.25, 0.3) is 0 Å². The zero-order chi connectivity index (χ0) is 14.2. The van der Waals surface area contributed by atoms with Gasteiger partial charge in [-0.2, -0.15) is 0 Å². The summed E-state index contributed by atoms with van der Waals surface area (Å²) in [5, 5.41) is 3.57. The highest BCUT2D eigenvalue weighted by molar-refractivity contribution is 5.14. The van der Waals surface area contributed by atoms with E-state index in [1.165, 1.54) is 44.6 Å². The molecule has 0 aliphatic carbocycles. The second-order valence-corrected chi connectivity index (χ2v) is 5.88. The Morgan fingerprint density at radius 1 is 1.20 bits per heavy atom. The van der Waals surface area contributed by atoms with Crippen LogP contribution in [0.1, 0.15) is 25.3 Å². The van der Waals surface area contributed by atoms with Crippen LogP contribution in [0.5, 0.6) is 0 Å². The molecule has 1 aliphatic heterocycles. The van der Waals surface area contributed by atoms with Crippen LogP contribution >= 0.6 is 0 Å². The minimum Gasteiger partial charge on any atom is -0.311 e. The molecule has 1 heterocycles. The van der Waals surface area contributed by atoms with E-state index in [-0.39, 0.29) is 0 Å². The smallest absolute Gasteiger partial charge is 0.0220 e. The summed E-state index contributed by atoms with van der Waals surface area (Å²) in [5.41, 5.74) is 1.37. The molecule has 1 unspecified atom stereocenters. The molecule has 1 N–H and O–H groups in total. The van der Waals surface area contributed by atoms with Crippen LogP contribution < -0.4 is 5.32 Å². The second-order valence-electron chi connectivity index (χ2n) is 5.88.